The maximum Gasteiger partial charge on any atom is 0.129 e. The molecule has 0 aliphatic heterocycles. The Balaban J connectivity index is 1.90. The summed E-state index contributed by atoms with van der Waals surface area (Å²) < 4.78 is 10.5. The topological polar surface area (TPSA) is 34.4 Å². The Bertz CT molecular complexity index is 197. The molecular formula is C10H17NO2. The third-order valence-electron chi connectivity index (χ3n) is 1.79. The van der Waals surface area contributed by atoms with Gasteiger partial charge in [-0.15, -0.1) is 0 Å². The summed E-state index contributed by atoms with van der Waals surface area (Å²) in [5.41, 5.74) is 0. The summed E-state index contributed by atoms with van der Waals surface area (Å²) in [6.45, 7) is 2.46. The number of furan rings is 1. The van der Waals surface area contributed by atoms with Gasteiger partial charge in [0.2, 0.25) is 0 Å². The molecule has 1 aromatic heterocycles. The van der Waals surface area contributed by atoms with Crippen LogP contribution in [0.3, 0.4) is 0 Å². The van der Waals surface area contributed by atoms with E-state index in [1.54, 1.807) is 6.26 Å². The minimum absolute atomic E-state index is 0.590. The van der Waals surface area contributed by atoms with Crippen LogP contribution in [0.1, 0.15) is 18.6 Å². The quantitative estimate of drug-likeness (QED) is 0.654. The minimum Gasteiger partial charge on any atom is -0.467 e. The van der Waals surface area contributed by atoms with Gasteiger partial charge in [-0.25, -0.2) is 0 Å². The molecule has 0 radical (unpaired) electrons. The van der Waals surface area contributed by atoms with E-state index in [0.29, 0.717) is 6.61 Å². The van der Waals surface area contributed by atoms with Crippen LogP contribution < -0.4 is 5.32 Å². The van der Waals surface area contributed by atoms with Crippen molar-refractivity contribution in [1.82, 2.24) is 5.32 Å². The zero-order valence-electron chi connectivity index (χ0n) is 8.08. The predicted molar refractivity (Wildman–Crippen MR) is 51.5 cm³/mol. The molecule has 0 spiro atoms. The van der Waals surface area contributed by atoms with Crippen LogP contribution in [0.5, 0.6) is 0 Å². The number of unbranched alkanes of at least 4 members (excludes halogenated alkanes) is 1. The first-order valence-corrected chi connectivity index (χ1v) is 4.68. The Hall–Kier alpha value is -0.800. The third kappa shape index (κ3) is 4.70. The summed E-state index contributed by atoms with van der Waals surface area (Å²) in [5.74, 6) is 0.897. The molecule has 1 N–H and O–H groups in total. The molecule has 74 valence electrons. The van der Waals surface area contributed by atoms with E-state index in [4.69, 9.17) is 9.15 Å². The second-order valence-corrected chi connectivity index (χ2v) is 2.94. The first-order chi connectivity index (χ1) is 6.43. The molecule has 1 rings (SSSR count). The number of hydrogen-bond acceptors (Lipinski definition) is 3. The van der Waals surface area contributed by atoms with Crippen molar-refractivity contribution in [2.45, 2.75) is 19.4 Å². The number of rotatable bonds is 7. The van der Waals surface area contributed by atoms with Crippen molar-refractivity contribution in [1.29, 1.82) is 0 Å². The van der Waals surface area contributed by atoms with Crippen LogP contribution in [0.2, 0.25) is 0 Å². The molecule has 1 aromatic rings. The largest absolute Gasteiger partial charge is 0.467 e. The Labute approximate surface area is 79.1 Å². The Morgan fingerprint density at radius 1 is 1.46 bits per heavy atom. The second kappa shape index (κ2) is 6.69. The molecule has 3 heteroatoms. The number of nitrogens with one attached hydrogen (secondary N) is 1. The average molecular weight is 183 g/mol. The SMILES string of the molecule is CNCCCCOCc1ccco1. The normalized spacial score (nSPS) is 10.5. The molecule has 13 heavy (non-hydrogen) atoms. The molecule has 0 saturated heterocycles. The lowest BCUT2D eigenvalue weighted by molar-refractivity contribution is 0.103. The fraction of sp³-hybridized carbons (Fsp3) is 0.600. The summed E-state index contributed by atoms with van der Waals surface area (Å²) >= 11 is 0. The zero-order valence-corrected chi connectivity index (χ0v) is 8.08. The summed E-state index contributed by atoms with van der Waals surface area (Å²) in [7, 11) is 1.96. The van der Waals surface area contributed by atoms with Gasteiger partial charge in [0.1, 0.15) is 12.4 Å². The molecule has 0 aliphatic rings. The fourth-order valence-corrected chi connectivity index (χ4v) is 1.07. The van der Waals surface area contributed by atoms with E-state index in [9.17, 15) is 0 Å². The van der Waals surface area contributed by atoms with Gasteiger partial charge in [0, 0.05) is 6.61 Å². The molecule has 0 aliphatic carbocycles. The standard InChI is InChI=1S/C10H17NO2/c1-11-6-2-3-7-12-9-10-5-4-8-13-10/h4-5,8,11H,2-3,6-7,9H2,1H3. The number of ether oxygens (including phenoxy) is 1. The molecule has 0 unspecified atom stereocenters. The van der Waals surface area contributed by atoms with Gasteiger partial charge in [-0.2, -0.15) is 0 Å². The smallest absolute Gasteiger partial charge is 0.129 e. The highest BCUT2D eigenvalue weighted by atomic mass is 16.5. The van der Waals surface area contributed by atoms with E-state index in [1.807, 2.05) is 19.2 Å². The molecule has 3 nitrogen and oxygen atoms in total. The maximum atomic E-state index is 5.40. The molecule has 0 atom stereocenters. The monoisotopic (exact) mass is 183 g/mol. The summed E-state index contributed by atoms with van der Waals surface area (Å²) in [6.07, 6.45) is 3.93. The molecule has 0 amide bonds. The van der Waals surface area contributed by atoms with Crippen LogP contribution in [0.15, 0.2) is 22.8 Å². The van der Waals surface area contributed by atoms with E-state index in [2.05, 4.69) is 5.32 Å². The van der Waals surface area contributed by atoms with Gasteiger partial charge >= 0.3 is 0 Å². The van der Waals surface area contributed by atoms with E-state index in [1.165, 1.54) is 0 Å². The van der Waals surface area contributed by atoms with Crippen LogP contribution in [-0.2, 0) is 11.3 Å². The molecular weight excluding hydrogens is 166 g/mol. The van der Waals surface area contributed by atoms with Crippen molar-refractivity contribution < 1.29 is 9.15 Å². The van der Waals surface area contributed by atoms with E-state index < -0.39 is 0 Å². The molecule has 1 heterocycles. The Kier molecular flexibility index (Phi) is 5.29. The van der Waals surface area contributed by atoms with Crippen molar-refractivity contribution in [2.24, 2.45) is 0 Å². The van der Waals surface area contributed by atoms with Crippen LogP contribution in [0.25, 0.3) is 0 Å². The molecule has 0 aromatic carbocycles. The van der Waals surface area contributed by atoms with Gasteiger partial charge in [0.15, 0.2) is 0 Å². The van der Waals surface area contributed by atoms with Gasteiger partial charge in [-0.1, -0.05) is 0 Å². The number of hydrogen-bond donors (Lipinski definition) is 1. The van der Waals surface area contributed by atoms with E-state index in [0.717, 1.165) is 31.8 Å². The maximum absolute atomic E-state index is 5.40. The highest BCUT2D eigenvalue weighted by Gasteiger charge is 1.94. The van der Waals surface area contributed by atoms with Crippen molar-refractivity contribution >= 4 is 0 Å². The van der Waals surface area contributed by atoms with Crippen molar-refractivity contribution in [3.8, 4) is 0 Å². The summed E-state index contributed by atoms with van der Waals surface area (Å²) in [5, 5.41) is 3.10. The van der Waals surface area contributed by atoms with Crippen LogP contribution in [-0.4, -0.2) is 20.2 Å². The average Bonchev–Trinajstić information content (AvgIpc) is 2.63. The lowest BCUT2D eigenvalue weighted by Gasteiger charge is -2.01. The molecule has 0 bridgehead atoms. The first-order valence-electron chi connectivity index (χ1n) is 4.68. The highest BCUT2D eigenvalue weighted by molar-refractivity contribution is 4.95. The highest BCUT2D eigenvalue weighted by Crippen LogP contribution is 2.02. The first kappa shape index (κ1) is 10.3. The molecule has 0 saturated carbocycles. The van der Waals surface area contributed by atoms with E-state index >= 15 is 0 Å². The van der Waals surface area contributed by atoms with Crippen LogP contribution in [0, 0.1) is 0 Å². The van der Waals surface area contributed by atoms with Gasteiger partial charge in [-0.05, 0) is 38.6 Å². The minimum atomic E-state index is 0.590. The van der Waals surface area contributed by atoms with Gasteiger partial charge in [0.25, 0.3) is 0 Å². The van der Waals surface area contributed by atoms with Gasteiger partial charge in [0.05, 0.1) is 6.26 Å². The van der Waals surface area contributed by atoms with Crippen molar-refractivity contribution in [2.75, 3.05) is 20.2 Å². The molecule has 0 fully saturated rings. The fourth-order valence-electron chi connectivity index (χ4n) is 1.07. The Morgan fingerprint density at radius 3 is 3.08 bits per heavy atom. The third-order valence-corrected chi connectivity index (χ3v) is 1.79. The lowest BCUT2D eigenvalue weighted by Crippen LogP contribution is -2.08. The summed E-state index contributed by atoms with van der Waals surface area (Å²) in [6, 6.07) is 3.80. The van der Waals surface area contributed by atoms with Crippen molar-refractivity contribution in [3.05, 3.63) is 24.2 Å². The Morgan fingerprint density at radius 2 is 2.38 bits per heavy atom. The van der Waals surface area contributed by atoms with Crippen LogP contribution in [0.4, 0.5) is 0 Å². The van der Waals surface area contributed by atoms with Gasteiger partial charge in [-0.3, -0.25) is 0 Å². The lowest BCUT2D eigenvalue weighted by atomic mass is 10.3. The predicted octanol–water partition coefficient (Wildman–Crippen LogP) is 1.80. The van der Waals surface area contributed by atoms with Crippen LogP contribution >= 0.6 is 0 Å². The van der Waals surface area contributed by atoms with Gasteiger partial charge < -0.3 is 14.5 Å². The zero-order chi connectivity index (χ0) is 9.36. The summed E-state index contributed by atoms with van der Waals surface area (Å²) in [4.78, 5) is 0. The van der Waals surface area contributed by atoms with E-state index in [-0.39, 0.29) is 0 Å². The second-order valence-electron chi connectivity index (χ2n) is 2.94. The van der Waals surface area contributed by atoms with Crippen molar-refractivity contribution in [3.63, 3.8) is 0 Å².